The Balaban J connectivity index is 1.80. The molecule has 4 fully saturated rings. The summed E-state index contributed by atoms with van der Waals surface area (Å²) in [5.41, 5.74) is 0. The SMILES string of the molecule is CC(C)CC(=O)C12OC3CC(CC(C3)O1)O2. The van der Waals surface area contributed by atoms with Crippen LogP contribution in [0, 0.1) is 5.92 Å². The Morgan fingerprint density at radius 1 is 1.12 bits per heavy atom. The first-order valence-electron chi connectivity index (χ1n) is 6.14. The Bertz CT molecular complexity index is 275. The number of carbonyl (C=O) groups excluding carboxylic acids is 1. The summed E-state index contributed by atoms with van der Waals surface area (Å²) >= 11 is 0. The molecule has 16 heavy (non-hydrogen) atoms. The molecule has 0 unspecified atom stereocenters. The molecule has 0 N–H and O–H groups in total. The lowest BCUT2D eigenvalue weighted by Crippen LogP contribution is -2.65. The van der Waals surface area contributed by atoms with Crippen LogP contribution in [0.5, 0.6) is 0 Å². The minimum Gasteiger partial charge on any atom is -0.318 e. The number of rotatable bonds is 3. The third-order valence-electron chi connectivity index (χ3n) is 3.48. The van der Waals surface area contributed by atoms with Crippen molar-refractivity contribution in [1.29, 1.82) is 0 Å². The molecular formula is C12H18O4. The van der Waals surface area contributed by atoms with E-state index in [4.69, 9.17) is 14.2 Å². The number of hydrogen-bond donors (Lipinski definition) is 0. The van der Waals surface area contributed by atoms with Gasteiger partial charge in [0.2, 0.25) is 5.78 Å². The number of hydrogen-bond acceptors (Lipinski definition) is 4. The molecule has 0 amide bonds. The topological polar surface area (TPSA) is 44.8 Å². The summed E-state index contributed by atoms with van der Waals surface area (Å²) in [4.78, 5) is 12.1. The van der Waals surface area contributed by atoms with Gasteiger partial charge in [0.1, 0.15) is 0 Å². The maximum atomic E-state index is 12.1. The molecule has 90 valence electrons. The van der Waals surface area contributed by atoms with Gasteiger partial charge < -0.3 is 14.2 Å². The summed E-state index contributed by atoms with van der Waals surface area (Å²) in [6, 6.07) is 0. The molecule has 1 aliphatic carbocycles. The van der Waals surface area contributed by atoms with Gasteiger partial charge in [-0.3, -0.25) is 4.79 Å². The highest BCUT2D eigenvalue weighted by Crippen LogP contribution is 2.45. The maximum Gasteiger partial charge on any atom is 0.347 e. The third kappa shape index (κ3) is 1.60. The van der Waals surface area contributed by atoms with E-state index in [1.807, 2.05) is 13.8 Å². The van der Waals surface area contributed by atoms with Gasteiger partial charge in [0.15, 0.2) is 0 Å². The Morgan fingerprint density at radius 2 is 1.56 bits per heavy atom. The van der Waals surface area contributed by atoms with Crippen LogP contribution in [0.4, 0.5) is 0 Å². The van der Waals surface area contributed by atoms with Crippen LogP contribution in [-0.2, 0) is 19.0 Å². The van der Waals surface area contributed by atoms with E-state index in [2.05, 4.69) is 0 Å². The molecule has 3 saturated heterocycles. The van der Waals surface area contributed by atoms with Gasteiger partial charge in [0.05, 0.1) is 18.3 Å². The molecule has 0 radical (unpaired) electrons. The van der Waals surface area contributed by atoms with Crippen molar-refractivity contribution in [3.05, 3.63) is 0 Å². The molecule has 4 nitrogen and oxygen atoms in total. The molecule has 4 bridgehead atoms. The first-order valence-corrected chi connectivity index (χ1v) is 6.14. The highest BCUT2D eigenvalue weighted by molar-refractivity contribution is 5.85. The van der Waals surface area contributed by atoms with Crippen molar-refractivity contribution in [2.24, 2.45) is 5.92 Å². The second-order valence-corrected chi connectivity index (χ2v) is 5.50. The summed E-state index contributed by atoms with van der Waals surface area (Å²) in [5, 5.41) is 0. The van der Waals surface area contributed by atoms with Gasteiger partial charge in [-0.2, -0.15) is 0 Å². The molecule has 0 spiro atoms. The molecule has 0 aromatic rings. The Hall–Kier alpha value is -0.450. The lowest BCUT2D eigenvalue weighted by atomic mass is 9.88. The monoisotopic (exact) mass is 226 g/mol. The smallest absolute Gasteiger partial charge is 0.318 e. The van der Waals surface area contributed by atoms with Gasteiger partial charge in [-0.05, 0) is 5.92 Å². The van der Waals surface area contributed by atoms with Crippen LogP contribution in [0.1, 0.15) is 39.5 Å². The average Bonchev–Trinajstić information content (AvgIpc) is 2.13. The number of ketones is 1. The normalized spacial score (nSPS) is 45.3. The van der Waals surface area contributed by atoms with Crippen LogP contribution in [0.3, 0.4) is 0 Å². The van der Waals surface area contributed by atoms with Crippen molar-refractivity contribution in [2.75, 3.05) is 0 Å². The number of Topliss-reactive ketones (excluding diaryl/α,β-unsaturated/α-hetero) is 1. The van der Waals surface area contributed by atoms with Crippen molar-refractivity contribution < 1.29 is 19.0 Å². The van der Waals surface area contributed by atoms with Crippen LogP contribution >= 0.6 is 0 Å². The van der Waals surface area contributed by atoms with Crippen molar-refractivity contribution >= 4 is 5.78 Å². The zero-order valence-corrected chi connectivity index (χ0v) is 9.77. The van der Waals surface area contributed by atoms with Gasteiger partial charge >= 0.3 is 5.97 Å². The van der Waals surface area contributed by atoms with Crippen LogP contribution < -0.4 is 0 Å². The van der Waals surface area contributed by atoms with Crippen LogP contribution in [0.25, 0.3) is 0 Å². The molecule has 4 aliphatic rings. The average molecular weight is 226 g/mol. The largest absolute Gasteiger partial charge is 0.347 e. The molecule has 3 aliphatic heterocycles. The lowest BCUT2D eigenvalue weighted by Gasteiger charge is -2.54. The third-order valence-corrected chi connectivity index (χ3v) is 3.48. The van der Waals surface area contributed by atoms with Crippen molar-refractivity contribution in [3.63, 3.8) is 0 Å². The first kappa shape index (κ1) is 10.7. The van der Waals surface area contributed by atoms with Crippen molar-refractivity contribution in [2.45, 2.75) is 63.8 Å². The van der Waals surface area contributed by atoms with Gasteiger partial charge in [0, 0.05) is 25.7 Å². The Morgan fingerprint density at radius 3 is 1.94 bits per heavy atom. The van der Waals surface area contributed by atoms with E-state index in [9.17, 15) is 4.79 Å². The van der Waals surface area contributed by atoms with Gasteiger partial charge in [-0.1, -0.05) is 13.8 Å². The second kappa shape index (κ2) is 3.52. The molecule has 0 aromatic heterocycles. The molecule has 0 aromatic carbocycles. The first-order chi connectivity index (χ1) is 7.57. The maximum absolute atomic E-state index is 12.1. The summed E-state index contributed by atoms with van der Waals surface area (Å²) in [6.45, 7) is 4.02. The predicted molar refractivity (Wildman–Crippen MR) is 55.7 cm³/mol. The summed E-state index contributed by atoms with van der Waals surface area (Å²) in [7, 11) is 0. The minimum absolute atomic E-state index is 0.0541. The van der Waals surface area contributed by atoms with Crippen LogP contribution in [-0.4, -0.2) is 30.1 Å². The van der Waals surface area contributed by atoms with E-state index in [0.717, 1.165) is 19.3 Å². The van der Waals surface area contributed by atoms with Gasteiger partial charge in [-0.25, -0.2) is 0 Å². The molecule has 4 heteroatoms. The number of ether oxygens (including phenoxy) is 3. The molecule has 0 atom stereocenters. The summed E-state index contributed by atoms with van der Waals surface area (Å²) < 4.78 is 17.0. The van der Waals surface area contributed by atoms with Crippen molar-refractivity contribution in [1.82, 2.24) is 0 Å². The van der Waals surface area contributed by atoms with Crippen molar-refractivity contribution in [3.8, 4) is 0 Å². The van der Waals surface area contributed by atoms with E-state index < -0.39 is 5.97 Å². The zero-order valence-electron chi connectivity index (χ0n) is 9.77. The standard InChI is InChI=1S/C12H18O4/c1-7(2)3-11(13)12-14-8-4-9(15-12)6-10(5-8)16-12/h7-10H,3-6H2,1-2H3. The van der Waals surface area contributed by atoms with Crippen LogP contribution in [0.2, 0.25) is 0 Å². The Kier molecular flexibility index (Phi) is 2.35. The van der Waals surface area contributed by atoms with Gasteiger partial charge in [-0.15, -0.1) is 0 Å². The highest BCUT2D eigenvalue weighted by atomic mass is 16.9. The lowest BCUT2D eigenvalue weighted by molar-refractivity contribution is -0.469. The van der Waals surface area contributed by atoms with Crippen LogP contribution in [0.15, 0.2) is 0 Å². The van der Waals surface area contributed by atoms with E-state index in [1.54, 1.807) is 0 Å². The fraction of sp³-hybridized carbons (Fsp3) is 0.917. The Labute approximate surface area is 95.2 Å². The molecule has 3 heterocycles. The summed E-state index contributed by atoms with van der Waals surface area (Å²) in [5.74, 6) is -1.10. The second-order valence-electron chi connectivity index (χ2n) is 5.50. The van der Waals surface area contributed by atoms with Gasteiger partial charge in [0.25, 0.3) is 0 Å². The van der Waals surface area contributed by atoms with E-state index in [-0.39, 0.29) is 24.1 Å². The molecular weight excluding hydrogens is 208 g/mol. The van der Waals surface area contributed by atoms with E-state index >= 15 is 0 Å². The zero-order chi connectivity index (χ0) is 11.3. The highest BCUT2D eigenvalue weighted by Gasteiger charge is 2.58. The molecule has 4 rings (SSSR count). The predicted octanol–water partition coefficient (Wildman–Crippen LogP) is 1.62. The number of carbonyl (C=O) groups is 1. The summed E-state index contributed by atoms with van der Waals surface area (Å²) in [6.07, 6.45) is 3.66. The molecule has 1 saturated carbocycles. The quantitative estimate of drug-likeness (QED) is 0.733. The van der Waals surface area contributed by atoms with E-state index in [1.165, 1.54) is 0 Å². The van der Waals surface area contributed by atoms with E-state index in [0.29, 0.717) is 12.3 Å². The fourth-order valence-corrected chi connectivity index (χ4v) is 2.89. The fourth-order valence-electron chi connectivity index (χ4n) is 2.89. The minimum atomic E-state index is -1.35.